The zero-order chi connectivity index (χ0) is 42.8. The Labute approximate surface area is 343 Å². The SMILES string of the molecule is C=C(OCC)c1c(C2CC3CCC(C2)N3C(=O)OC(C)(C)C)nc2c(-c3ccc(C(O)C(F)(F)F)nc3)cnn2c1N(COCC[Si](C)(C)C)COCC[Si](C)(C)C. The highest BCUT2D eigenvalue weighted by atomic mass is 28.3. The van der Waals surface area contributed by atoms with Gasteiger partial charge in [-0.05, 0) is 71.5 Å². The van der Waals surface area contributed by atoms with Gasteiger partial charge < -0.3 is 33.9 Å². The summed E-state index contributed by atoms with van der Waals surface area (Å²) in [5.41, 5.74) is 1.67. The van der Waals surface area contributed by atoms with Crippen LogP contribution in [0, 0.1) is 0 Å². The highest BCUT2D eigenvalue weighted by Crippen LogP contribution is 2.47. The molecule has 17 heteroatoms. The van der Waals surface area contributed by atoms with E-state index in [0.717, 1.165) is 30.6 Å². The van der Waals surface area contributed by atoms with Gasteiger partial charge in [-0.3, -0.25) is 4.98 Å². The second-order valence-electron chi connectivity index (χ2n) is 18.9. The van der Waals surface area contributed by atoms with Crippen molar-refractivity contribution in [1.29, 1.82) is 0 Å². The van der Waals surface area contributed by atoms with E-state index in [1.165, 1.54) is 18.3 Å². The van der Waals surface area contributed by atoms with E-state index in [9.17, 15) is 23.1 Å². The fourth-order valence-corrected chi connectivity index (χ4v) is 8.99. The predicted octanol–water partition coefficient (Wildman–Crippen LogP) is 9.47. The van der Waals surface area contributed by atoms with Gasteiger partial charge in [0.2, 0.25) is 0 Å². The normalized spacial score (nSPS) is 19.4. The first kappa shape index (κ1) is 45.6. The lowest BCUT2D eigenvalue weighted by Crippen LogP contribution is -2.48. The van der Waals surface area contributed by atoms with Crippen LogP contribution in [0.4, 0.5) is 23.8 Å². The topological polar surface area (TPSA) is 124 Å². The number of alkyl halides is 3. The summed E-state index contributed by atoms with van der Waals surface area (Å²) in [5, 5.41) is 14.7. The minimum atomic E-state index is -4.86. The Morgan fingerprint density at radius 3 is 2.05 bits per heavy atom. The van der Waals surface area contributed by atoms with Crippen molar-refractivity contribution in [3.8, 4) is 11.1 Å². The molecule has 2 fully saturated rings. The summed E-state index contributed by atoms with van der Waals surface area (Å²) in [5.74, 6) is 0.881. The molecule has 2 bridgehead atoms. The van der Waals surface area contributed by atoms with Crippen LogP contribution in [0.25, 0.3) is 22.5 Å². The Balaban J connectivity index is 1.67. The molecular weight excluding hydrogens is 786 g/mol. The number of anilines is 1. The van der Waals surface area contributed by atoms with Crippen molar-refractivity contribution in [2.75, 3.05) is 38.2 Å². The lowest BCUT2D eigenvalue weighted by atomic mass is 9.85. The summed E-state index contributed by atoms with van der Waals surface area (Å²) in [7, 11) is -2.84. The molecule has 2 aliphatic rings. The van der Waals surface area contributed by atoms with E-state index < -0.39 is 39.7 Å². The number of rotatable bonds is 17. The predicted molar refractivity (Wildman–Crippen MR) is 225 cm³/mol. The second kappa shape index (κ2) is 18.0. The van der Waals surface area contributed by atoms with Gasteiger partial charge in [-0.2, -0.15) is 22.8 Å². The van der Waals surface area contributed by atoms with Crippen LogP contribution in [-0.2, 0) is 18.9 Å². The van der Waals surface area contributed by atoms with Gasteiger partial charge in [-0.1, -0.05) is 51.9 Å². The van der Waals surface area contributed by atoms with E-state index in [-0.39, 0.29) is 37.6 Å². The van der Waals surface area contributed by atoms with Crippen molar-refractivity contribution in [3.05, 3.63) is 48.1 Å². The van der Waals surface area contributed by atoms with Gasteiger partial charge in [0.05, 0.1) is 29.8 Å². The summed E-state index contributed by atoms with van der Waals surface area (Å²) < 4.78 is 66.7. The molecule has 5 rings (SSSR count). The molecule has 2 aliphatic heterocycles. The largest absolute Gasteiger partial charge is 0.494 e. The zero-order valence-electron chi connectivity index (χ0n) is 35.9. The molecular formula is C41H63F3N6O6Si2. The number of hydrogen-bond donors (Lipinski definition) is 1. The molecule has 0 spiro atoms. The molecule has 322 valence electrons. The van der Waals surface area contributed by atoms with Crippen LogP contribution >= 0.6 is 0 Å². The third-order valence-corrected chi connectivity index (χ3v) is 13.9. The van der Waals surface area contributed by atoms with Crippen molar-refractivity contribution in [2.24, 2.45) is 0 Å². The van der Waals surface area contributed by atoms with Crippen molar-refractivity contribution >= 4 is 39.5 Å². The molecule has 0 aliphatic carbocycles. The Bertz CT molecular complexity index is 1850. The van der Waals surface area contributed by atoms with E-state index in [0.29, 0.717) is 66.6 Å². The number of amides is 1. The fourth-order valence-electron chi connectivity index (χ4n) is 7.47. The van der Waals surface area contributed by atoms with E-state index in [1.54, 1.807) is 10.7 Å². The quantitative estimate of drug-likeness (QED) is 0.0608. The van der Waals surface area contributed by atoms with Crippen molar-refractivity contribution < 1.29 is 42.0 Å². The molecule has 3 atom stereocenters. The maximum absolute atomic E-state index is 13.5. The minimum Gasteiger partial charge on any atom is -0.494 e. The lowest BCUT2D eigenvalue weighted by molar-refractivity contribution is -0.207. The van der Waals surface area contributed by atoms with Crippen LogP contribution in [0.5, 0.6) is 0 Å². The van der Waals surface area contributed by atoms with Gasteiger partial charge >= 0.3 is 12.3 Å². The van der Waals surface area contributed by atoms with Gasteiger partial charge in [0.15, 0.2) is 11.8 Å². The maximum atomic E-state index is 13.5. The highest BCUT2D eigenvalue weighted by Gasteiger charge is 2.47. The number of nitrogens with zero attached hydrogens (tertiary/aromatic N) is 6. The number of piperidine rings is 1. The lowest BCUT2D eigenvalue weighted by Gasteiger charge is -2.40. The van der Waals surface area contributed by atoms with E-state index in [4.69, 9.17) is 29.0 Å². The van der Waals surface area contributed by atoms with E-state index >= 15 is 0 Å². The van der Waals surface area contributed by atoms with Crippen LogP contribution in [-0.4, -0.2) is 109 Å². The van der Waals surface area contributed by atoms with Crippen molar-refractivity contribution in [1.82, 2.24) is 24.5 Å². The molecule has 12 nitrogen and oxygen atoms in total. The van der Waals surface area contributed by atoms with Crippen LogP contribution < -0.4 is 4.90 Å². The van der Waals surface area contributed by atoms with Gasteiger partial charge in [-0.15, -0.1) is 0 Å². The zero-order valence-corrected chi connectivity index (χ0v) is 37.9. The van der Waals surface area contributed by atoms with Crippen LogP contribution in [0.15, 0.2) is 31.1 Å². The standard InChI is InChI=1S/C41H63F3N6O6Si2/c1-12-55-27(2)34-35(29-21-30-14-15-31(22-29)49(30)39(52)56-40(3,4)5)47-37-32(28-13-16-33(45-23-28)36(51)41(42,43)44)24-46-50(37)38(34)48(25-53-17-19-57(6,7)8)26-54-18-20-58(9,10)11/h13,16,23-24,29-31,36,51H,2,12,14-15,17-22,25-26H2,1,3-11H3. The maximum Gasteiger partial charge on any atom is 0.420 e. The Morgan fingerprint density at radius 1 is 0.983 bits per heavy atom. The number of aromatic nitrogens is 4. The molecule has 3 aromatic heterocycles. The first-order valence-corrected chi connectivity index (χ1v) is 27.8. The van der Waals surface area contributed by atoms with Gasteiger partial charge in [0.25, 0.3) is 0 Å². The molecule has 3 aromatic rings. The average Bonchev–Trinajstić information content (AvgIpc) is 3.65. The van der Waals surface area contributed by atoms with Gasteiger partial charge in [-0.25, -0.2) is 9.78 Å². The van der Waals surface area contributed by atoms with Gasteiger partial charge in [0.1, 0.15) is 30.6 Å². The smallest absolute Gasteiger partial charge is 0.420 e. The second-order valence-corrected chi connectivity index (χ2v) is 30.2. The third kappa shape index (κ3) is 11.4. The molecule has 0 radical (unpaired) electrons. The molecule has 1 amide bonds. The number of halogens is 3. The Hall–Kier alpha value is -3.52. The van der Waals surface area contributed by atoms with E-state index in [2.05, 4.69) is 50.8 Å². The first-order chi connectivity index (χ1) is 27.0. The molecule has 5 heterocycles. The molecule has 58 heavy (non-hydrogen) atoms. The number of carbonyl (C=O) groups is 1. The molecule has 2 saturated heterocycles. The van der Waals surface area contributed by atoms with Crippen LogP contribution in [0.2, 0.25) is 51.4 Å². The highest BCUT2D eigenvalue weighted by molar-refractivity contribution is 6.76. The van der Waals surface area contributed by atoms with Crippen molar-refractivity contribution in [2.45, 2.75) is 141 Å². The number of ether oxygens (including phenoxy) is 4. The fraction of sp³-hybridized carbons (Fsp3) is 0.659. The van der Waals surface area contributed by atoms with E-state index in [1.807, 2.05) is 37.5 Å². The average molecular weight is 849 g/mol. The number of aliphatic hydroxyl groups is 1. The summed E-state index contributed by atoms with van der Waals surface area (Å²) >= 11 is 0. The molecule has 0 aromatic carbocycles. The molecule has 1 N–H and O–H groups in total. The third-order valence-electron chi connectivity index (χ3n) is 10.4. The Kier molecular flexibility index (Phi) is 14.1. The first-order valence-electron chi connectivity index (χ1n) is 20.3. The molecule has 3 unspecified atom stereocenters. The number of pyridine rings is 1. The monoisotopic (exact) mass is 848 g/mol. The number of hydrogen-bond acceptors (Lipinski definition) is 10. The van der Waals surface area contributed by atoms with Crippen molar-refractivity contribution in [3.63, 3.8) is 0 Å². The molecule has 0 saturated carbocycles. The number of fused-ring (bicyclic) bond motifs is 3. The minimum absolute atomic E-state index is 0.0691. The Morgan fingerprint density at radius 2 is 1.57 bits per heavy atom. The van der Waals surface area contributed by atoms with Gasteiger partial charge in [0, 0.05) is 64.7 Å². The summed E-state index contributed by atoms with van der Waals surface area (Å²) in [6.07, 6.45) is -2.07. The summed E-state index contributed by atoms with van der Waals surface area (Å²) in [6.45, 7) is 27.5. The summed E-state index contributed by atoms with van der Waals surface area (Å²) in [4.78, 5) is 26.7. The van der Waals surface area contributed by atoms with Crippen LogP contribution in [0.3, 0.4) is 0 Å². The number of aliphatic hydroxyl groups excluding tert-OH is 1. The van der Waals surface area contributed by atoms with Crippen LogP contribution in [0.1, 0.15) is 82.4 Å². The summed E-state index contributed by atoms with van der Waals surface area (Å²) in [6, 6.07) is 4.44. The number of carbonyl (C=O) groups excluding carboxylic acids is 1.